The number of nitrogens with zero attached hydrogens (tertiary/aromatic N) is 3. The van der Waals surface area contributed by atoms with Gasteiger partial charge in [-0.15, -0.1) is 0 Å². The fourth-order valence-electron chi connectivity index (χ4n) is 2.39. The lowest BCUT2D eigenvalue weighted by Crippen LogP contribution is -2.16. The van der Waals surface area contributed by atoms with Crippen LogP contribution in [0.15, 0.2) is 15.4 Å². The van der Waals surface area contributed by atoms with Crippen molar-refractivity contribution in [3.63, 3.8) is 0 Å². The molecule has 0 amide bonds. The molecule has 21 heavy (non-hydrogen) atoms. The summed E-state index contributed by atoms with van der Waals surface area (Å²) in [5.74, 6) is 0.920. The fraction of sp³-hybridized carbons (Fsp3) is 0.429. The molecule has 0 unspecified atom stereocenters. The van der Waals surface area contributed by atoms with E-state index in [-0.39, 0.29) is 5.84 Å². The Morgan fingerprint density at radius 3 is 2.90 bits per heavy atom. The van der Waals surface area contributed by atoms with Crippen LogP contribution in [0.25, 0.3) is 0 Å². The van der Waals surface area contributed by atoms with Crippen molar-refractivity contribution in [3.8, 4) is 0 Å². The van der Waals surface area contributed by atoms with E-state index in [0.717, 1.165) is 40.1 Å². The second-order valence-corrected chi connectivity index (χ2v) is 6.99. The summed E-state index contributed by atoms with van der Waals surface area (Å²) in [5.41, 5.74) is 8.83. The normalized spacial score (nSPS) is 14.0. The van der Waals surface area contributed by atoms with Gasteiger partial charge in [0.25, 0.3) is 0 Å². The number of hydrogen-bond acceptors (Lipinski definition) is 6. The molecule has 3 N–H and O–H groups in total. The number of nitrogens with one attached hydrogen (secondary N) is 1. The maximum atomic E-state index is 7.79. The Bertz CT molecular complexity index is 680. The van der Waals surface area contributed by atoms with Crippen molar-refractivity contribution in [1.82, 2.24) is 14.3 Å². The van der Waals surface area contributed by atoms with Crippen molar-refractivity contribution in [1.29, 1.82) is 5.41 Å². The number of aryl methyl sites for hydroxylation is 3. The summed E-state index contributed by atoms with van der Waals surface area (Å²) >= 11 is 2.84. The first-order valence-electron chi connectivity index (χ1n) is 7.05. The fourth-order valence-corrected chi connectivity index (χ4v) is 4.14. The van der Waals surface area contributed by atoms with E-state index < -0.39 is 0 Å². The number of amidine groups is 1. The predicted molar refractivity (Wildman–Crippen MR) is 85.3 cm³/mol. The van der Waals surface area contributed by atoms with Gasteiger partial charge in [-0.1, -0.05) is 6.92 Å². The van der Waals surface area contributed by atoms with Gasteiger partial charge in [0.05, 0.1) is 0 Å². The van der Waals surface area contributed by atoms with Gasteiger partial charge >= 0.3 is 0 Å². The summed E-state index contributed by atoms with van der Waals surface area (Å²) in [6.07, 6.45) is 5.25. The summed E-state index contributed by atoms with van der Waals surface area (Å²) in [6.45, 7) is 2.04. The third kappa shape index (κ3) is 3.08. The first-order valence-corrected chi connectivity index (χ1v) is 8.64. The summed E-state index contributed by atoms with van der Waals surface area (Å²) in [4.78, 5) is 9.20. The molecule has 3 rings (SSSR count). The van der Waals surface area contributed by atoms with Gasteiger partial charge in [-0.2, -0.15) is 4.37 Å². The minimum Gasteiger partial charge on any atom is -0.384 e. The quantitative estimate of drug-likeness (QED) is 0.668. The first-order chi connectivity index (χ1) is 10.2. The maximum Gasteiger partial charge on any atom is 0.176 e. The van der Waals surface area contributed by atoms with Crippen LogP contribution in [-0.4, -0.2) is 20.2 Å². The average Bonchev–Trinajstić information content (AvgIpc) is 2.94. The molecule has 110 valence electrons. The molecule has 0 fully saturated rings. The van der Waals surface area contributed by atoms with Crippen molar-refractivity contribution >= 4 is 29.1 Å². The molecule has 0 radical (unpaired) electrons. The number of fused-ring (bicyclic) bond motifs is 1. The van der Waals surface area contributed by atoms with Crippen LogP contribution in [0.2, 0.25) is 0 Å². The van der Waals surface area contributed by atoms with Gasteiger partial charge in [0.1, 0.15) is 16.7 Å². The highest BCUT2D eigenvalue weighted by molar-refractivity contribution is 8.01. The van der Waals surface area contributed by atoms with E-state index in [1.165, 1.54) is 41.7 Å². The Morgan fingerprint density at radius 1 is 1.38 bits per heavy atom. The second-order valence-electron chi connectivity index (χ2n) is 5.00. The van der Waals surface area contributed by atoms with Crippen LogP contribution in [-0.2, 0) is 19.3 Å². The summed E-state index contributed by atoms with van der Waals surface area (Å²) in [6, 6.07) is 2.04. The van der Waals surface area contributed by atoms with Crippen LogP contribution in [0, 0.1) is 5.41 Å². The van der Waals surface area contributed by atoms with Gasteiger partial charge in [-0.3, -0.25) is 5.41 Å². The van der Waals surface area contributed by atoms with Crippen LogP contribution >= 0.6 is 23.3 Å². The lowest BCUT2D eigenvalue weighted by atomic mass is 9.95. The topological polar surface area (TPSA) is 88.5 Å². The zero-order chi connectivity index (χ0) is 14.8. The lowest BCUT2D eigenvalue weighted by Gasteiger charge is -2.17. The van der Waals surface area contributed by atoms with Gasteiger partial charge in [0.2, 0.25) is 0 Å². The third-order valence-corrected chi connectivity index (χ3v) is 5.30. The van der Waals surface area contributed by atoms with Crippen LogP contribution in [0.1, 0.15) is 42.4 Å². The van der Waals surface area contributed by atoms with Crippen LogP contribution in [0.4, 0.5) is 0 Å². The molecule has 2 aromatic rings. The summed E-state index contributed by atoms with van der Waals surface area (Å²) < 4.78 is 5.15. The molecule has 2 aromatic heterocycles. The Balaban J connectivity index is 1.97. The molecule has 0 aliphatic heterocycles. The molecule has 1 aliphatic carbocycles. The predicted octanol–water partition coefficient (Wildman–Crippen LogP) is 2.81. The SMILES string of the molecule is CCc1nsc(Sc2nc3c(cc2C(=N)N)CCCC3)n1. The molecule has 0 saturated carbocycles. The molecule has 5 nitrogen and oxygen atoms in total. The van der Waals surface area contributed by atoms with Gasteiger partial charge in [-0.25, -0.2) is 9.97 Å². The van der Waals surface area contributed by atoms with Crippen LogP contribution in [0.5, 0.6) is 0 Å². The van der Waals surface area contributed by atoms with Crippen LogP contribution in [0.3, 0.4) is 0 Å². The minimum absolute atomic E-state index is 0.0682. The van der Waals surface area contributed by atoms with Gasteiger partial charge < -0.3 is 5.73 Å². The highest BCUT2D eigenvalue weighted by Crippen LogP contribution is 2.33. The van der Waals surface area contributed by atoms with E-state index >= 15 is 0 Å². The van der Waals surface area contributed by atoms with Gasteiger partial charge in [0.15, 0.2) is 4.34 Å². The molecule has 0 spiro atoms. The van der Waals surface area contributed by atoms with E-state index in [1.54, 1.807) is 0 Å². The third-order valence-electron chi connectivity index (χ3n) is 3.51. The highest BCUT2D eigenvalue weighted by atomic mass is 32.2. The molecule has 0 aromatic carbocycles. The van der Waals surface area contributed by atoms with Crippen LogP contribution < -0.4 is 5.73 Å². The summed E-state index contributed by atoms with van der Waals surface area (Å²) in [7, 11) is 0. The molecule has 0 saturated heterocycles. The number of nitrogens with two attached hydrogens (primary N) is 1. The molecular weight excluding hydrogens is 302 g/mol. The molecule has 7 heteroatoms. The number of aromatic nitrogens is 3. The average molecular weight is 319 g/mol. The Kier molecular flexibility index (Phi) is 4.21. The first kappa shape index (κ1) is 14.5. The summed E-state index contributed by atoms with van der Waals surface area (Å²) in [5, 5.41) is 8.57. The zero-order valence-electron chi connectivity index (χ0n) is 11.8. The van der Waals surface area contributed by atoms with E-state index in [9.17, 15) is 0 Å². The number of nitrogen functional groups attached to an aromatic ring is 1. The standard InChI is InChI=1S/C14H17N5S2/c1-2-11-18-14(21-19-11)20-13-9(12(15)16)7-8-5-3-4-6-10(8)17-13/h7H,2-6H2,1H3,(H3,15,16). The Morgan fingerprint density at radius 2 is 2.19 bits per heavy atom. The highest BCUT2D eigenvalue weighted by Gasteiger charge is 2.18. The van der Waals surface area contributed by atoms with Crippen molar-refractivity contribution in [2.24, 2.45) is 5.73 Å². The largest absolute Gasteiger partial charge is 0.384 e. The number of pyridine rings is 1. The van der Waals surface area contributed by atoms with E-state index in [4.69, 9.17) is 16.1 Å². The van der Waals surface area contributed by atoms with E-state index in [0.29, 0.717) is 5.56 Å². The Labute approximate surface area is 132 Å². The van der Waals surface area contributed by atoms with Crippen molar-refractivity contribution < 1.29 is 0 Å². The van der Waals surface area contributed by atoms with Crippen molar-refractivity contribution in [2.45, 2.75) is 48.4 Å². The minimum atomic E-state index is 0.0682. The number of rotatable bonds is 4. The lowest BCUT2D eigenvalue weighted by molar-refractivity contribution is 0.660. The van der Waals surface area contributed by atoms with E-state index in [2.05, 4.69) is 9.36 Å². The van der Waals surface area contributed by atoms with Crippen molar-refractivity contribution in [2.75, 3.05) is 0 Å². The molecule has 1 aliphatic rings. The Hall–Kier alpha value is -1.47. The van der Waals surface area contributed by atoms with Gasteiger partial charge in [-0.05, 0) is 60.6 Å². The monoisotopic (exact) mass is 319 g/mol. The molecular formula is C14H17N5S2. The maximum absolute atomic E-state index is 7.79. The van der Waals surface area contributed by atoms with E-state index in [1.807, 2.05) is 13.0 Å². The smallest absolute Gasteiger partial charge is 0.176 e. The zero-order valence-corrected chi connectivity index (χ0v) is 13.5. The molecule has 0 bridgehead atoms. The van der Waals surface area contributed by atoms with Crippen molar-refractivity contribution in [3.05, 3.63) is 28.7 Å². The van der Waals surface area contributed by atoms with Gasteiger partial charge in [0, 0.05) is 17.7 Å². The second kappa shape index (κ2) is 6.11. The molecule has 2 heterocycles. The molecule has 0 atom stereocenters. The number of hydrogen-bond donors (Lipinski definition) is 2.